The lowest BCUT2D eigenvalue weighted by atomic mass is 9.98. The fraction of sp³-hybridized carbons (Fsp3) is 0.333. The van der Waals surface area contributed by atoms with E-state index in [4.69, 9.17) is 10.5 Å². The van der Waals surface area contributed by atoms with Gasteiger partial charge in [-0.1, -0.05) is 55.3 Å². The Morgan fingerprint density at radius 2 is 1.80 bits per heavy atom. The van der Waals surface area contributed by atoms with E-state index in [0.717, 1.165) is 36.3 Å². The van der Waals surface area contributed by atoms with Crippen LogP contribution < -0.4 is 10.5 Å². The molecule has 0 bridgehead atoms. The summed E-state index contributed by atoms with van der Waals surface area (Å²) in [5.74, 6) is 0.915. The van der Waals surface area contributed by atoms with Crippen LogP contribution >= 0.6 is 0 Å². The van der Waals surface area contributed by atoms with Crippen LogP contribution in [0.2, 0.25) is 0 Å². The van der Waals surface area contributed by atoms with Crippen LogP contribution in [-0.2, 0) is 0 Å². The molecular formula is C18H23NO. The van der Waals surface area contributed by atoms with E-state index in [0.29, 0.717) is 0 Å². The first-order valence-corrected chi connectivity index (χ1v) is 7.25. The molecule has 0 amide bonds. The molecule has 0 saturated carbocycles. The fourth-order valence-corrected chi connectivity index (χ4v) is 2.16. The Bertz CT molecular complexity index is 533. The van der Waals surface area contributed by atoms with Crippen molar-refractivity contribution in [3.05, 3.63) is 65.2 Å². The maximum Gasteiger partial charge on any atom is 0.119 e. The molecule has 1 unspecified atom stereocenters. The molecule has 2 rings (SSSR count). The Labute approximate surface area is 121 Å². The van der Waals surface area contributed by atoms with Gasteiger partial charge < -0.3 is 10.5 Å². The highest BCUT2D eigenvalue weighted by Gasteiger charge is 2.08. The molecule has 1 atom stereocenters. The molecule has 0 aliphatic rings. The molecule has 2 heteroatoms. The molecule has 2 nitrogen and oxygen atoms in total. The topological polar surface area (TPSA) is 35.2 Å². The molecule has 2 N–H and O–H groups in total. The number of nitrogens with two attached hydrogens (primary N) is 1. The number of rotatable bonds is 6. The second-order valence-electron chi connectivity index (χ2n) is 5.16. The van der Waals surface area contributed by atoms with E-state index in [1.54, 1.807) is 0 Å². The van der Waals surface area contributed by atoms with Crippen LogP contribution in [0.5, 0.6) is 5.75 Å². The zero-order chi connectivity index (χ0) is 14.4. The quantitative estimate of drug-likeness (QED) is 0.797. The smallest absolute Gasteiger partial charge is 0.119 e. The maximum absolute atomic E-state index is 6.32. The third kappa shape index (κ3) is 3.84. The molecule has 2 aromatic carbocycles. The lowest BCUT2D eigenvalue weighted by Crippen LogP contribution is -2.11. The predicted octanol–water partition coefficient (Wildman–Crippen LogP) is 4.22. The van der Waals surface area contributed by atoms with Crippen molar-refractivity contribution < 1.29 is 4.74 Å². The normalized spacial score (nSPS) is 12.2. The van der Waals surface area contributed by atoms with Crippen LogP contribution in [-0.4, -0.2) is 6.61 Å². The summed E-state index contributed by atoms with van der Waals surface area (Å²) in [7, 11) is 0. The summed E-state index contributed by atoms with van der Waals surface area (Å²) in [5.41, 5.74) is 9.80. The van der Waals surface area contributed by atoms with Crippen molar-refractivity contribution in [2.24, 2.45) is 5.73 Å². The Balaban J connectivity index is 2.05. The van der Waals surface area contributed by atoms with Gasteiger partial charge in [0, 0.05) is 0 Å². The summed E-state index contributed by atoms with van der Waals surface area (Å²) >= 11 is 0. The Kier molecular flexibility index (Phi) is 5.19. The highest BCUT2D eigenvalue weighted by Crippen LogP contribution is 2.22. The van der Waals surface area contributed by atoms with Gasteiger partial charge in [0.1, 0.15) is 5.75 Å². The molecule has 0 saturated heterocycles. The van der Waals surface area contributed by atoms with Crippen molar-refractivity contribution in [3.8, 4) is 5.75 Å². The lowest BCUT2D eigenvalue weighted by Gasteiger charge is -2.14. The summed E-state index contributed by atoms with van der Waals surface area (Å²) in [6.07, 6.45) is 2.24. The molecule has 0 fully saturated rings. The van der Waals surface area contributed by atoms with Crippen molar-refractivity contribution in [1.82, 2.24) is 0 Å². The summed E-state index contributed by atoms with van der Waals surface area (Å²) < 4.78 is 5.67. The second kappa shape index (κ2) is 7.11. The van der Waals surface area contributed by atoms with Crippen molar-refractivity contribution in [1.29, 1.82) is 0 Å². The highest BCUT2D eigenvalue weighted by atomic mass is 16.5. The first-order chi connectivity index (χ1) is 9.70. The lowest BCUT2D eigenvalue weighted by molar-refractivity contribution is 0.309. The summed E-state index contributed by atoms with van der Waals surface area (Å²) in [6, 6.07) is 16.4. The second-order valence-corrected chi connectivity index (χ2v) is 5.16. The average molecular weight is 269 g/mol. The van der Waals surface area contributed by atoms with Gasteiger partial charge >= 0.3 is 0 Å². The molecule has 0 aliphatic heterocycles. The Morgan fingerprint density at radius 3 is 2.45 bits per heavy atom. The first kappa shape index (κ1) is 14.6. The van der Waals surface area contributed by atoms with Gasteiger partial charge in [0.05, 0.1) is 12.6 Å². The number of hydrogen-bond donors (Lipinski definition) is 1. The Hall–Kier alpha value is -1.80. The standard InChI is InChI=1S/C18H23NO/c1-3-4-12-20-17-10-8-15(9-11-17)18(19)16-7-5-6-14(2)13-16/h5-11,13,18H,3-4,12,19H2,1-2H3. The fourth-order valence-electron chi connectivity index (χ4n) is 2.16. The van der Waals surface area contributed by atoms with Gasteiger partial charge in [0.15, 0.2) is 0 Å². The number of unbranched alkanes of at least 4 members (excludes halogenated alkanes) is 1. The minimum Gasteiger partial charge on any atom is -0.494 e. The van der Waals surface area contributed by atoms with Gasteiger partial charge in [-0.25, -0.2) is 0 Å². The minimum absolute atomic E-state index is 0.0837. The van der Waals surface area contributed by atoms with Gasteiger partial charge in [-0.05, 0) is 36.6 Å². The van der Waals surface area contributed by atoms with Crippen LogP contribution in [0.4, 0.5) is 0 Å². The van der Waals surface area contributed by atoms with Crippen LogP contribution in [0.15, 0.2) is 48.5 Å². The molecule has 0 aromatic heterocycles. The highest BCUT2D eigenvalue weighted by molar-refractivity contribution is 5.36. The SMILES string of the molecule is CCCCOc1ccc(C(N)c2cccc(C)c2)cc1. The van der Waals surface area contributed by atoms with Crippen LogP contribution in [0.3, 0.4) is 0 Å². The van der Waals surface area contributed by atoms with E-state index in [-0.39, 0.29) is 6.04 Å². The van der Waals surface area contributed by atoms with E-state index < -0.39 is 0 Å². The number of hydrogen-bond acceptors (Lipinski definition) is 2. The van der Waals surface area contributed by atoms with Crippen molar-refractivity contribution in [3.63, 3.8) is 0 Å². The number of ether oxygens (including phenoxy) is 1. The molecular weight excluding hydrogens is 246 g/mol. The van der Waals surface area contributed by atoms with E-state index in [1.165, 1.54) is 5.56 Å². The summed E-state index contributed by atoms with van der Waals surface area (Å²) in [5, 5.41) is 0. The minimum atomic E-state index is -0.0837. The summed E-state index contributed by atoms with van der Waals surface area (Å²) in [6.45, 7) is 5.02. The monoisotopic (exact) mass is 269 g/mol. The number of benzene rings is 2. The van der Waals surface area contributed by atoms with E-state index >= 15 is 0 Å². The third-order valence-electron chi connectivity index (χ3n) is 3.41. The first-order valence-electron chi connectivity index (χ1n) is 7.25. The van der Waals surface area contributed by atoms with Gasteiger partial charge in [0.25, 0.3) is 0 Å². The Morgan fingerprint density at radius 1 is 1.05 bits per heavy atom. The molecule has 2 aromatic rings. The zero-order valence-corrected chi connectivity index (χ0v) is 12.3. The van der Waals surface area contributed by atoms with E-state index in [9.17, 15) is 0 Å². The molecule has 0 radical (unpaired) electrons. The van der Waals surface area contributed by atoms with Crippen LogP contribution in [0.25, 0.3) is 0 Å². The van der Waals surface area contributed by atoms with Gasteiger partial charge in [-0.15, -0.1) is 0 Å². The van der Waals surface area contributed by atoms with Crippen molar-refractivity contribution in [2.75, 3.05) is 6.61 Å². The van der Waals surface area contributed by atoms with Gasteiger partial charge in [-0.2, -0.15) is 0 Å². The van der Waals surface area contributed by atoms with Gasteiger partial charge in [-0.3, -0.25) is 0 Å². The maximum atomic E-state index is 6.32. The van der Waals surface area contributed by atoms with Crippen LogP contribution in [0.1, 0.15) is 42.5 Å². The molecule has 0 aliphatic carbocycles. The molecule has 0 heterocycles. The van der Waals surface area contributed by atoms with Crippen molar-refractivity contribution >= 4 is 0 Å². The average Bonchev–Trinajstić information content (AvgIpc) is 2.47. The molecule has 106 valence electrons. The summed E-state index contributed by atoms with van der Waals surface area (Å²) in [4.78, 5) is 0. The molecule has 0 spiro atoms. The van der Waals surface area contributed by atoms with Gasteiger partial charge in [0.2, 0.25) is 0 Å². The van der Waals surface area contributed by atoms with E-state index in [1.807, 2.05) is 30.3 Å². The zero-order valence-electron chi connectivity index (χ0n) is 12.3. The largest absolute Gasteiger partial charge is 0.494 e. The van der Waals surface area contributed by atoms with Crippen LogP contribution in [0, 0.1) is 6.92 Å². The molecule has 20 heavy (non-hydrogen) atoms. The predicted molar refractivity (Wildman–Crippen MR) is 84.1 cm³/mol. The van der Waals surface area contributed by atoms with Crippen molar-refractivity contribution in [2.45, 2.75) is 32.7 Å². The van der Waals surface area contributed by atoms with E-state index in [2.05, 4.69) is 32.0 Å². The number of aryl methyl sites for hydroxylation is 1. The third-order valence-corrected chi connectivity index (χ3v) is 3.41.